The number of amides is 2. The van der Waals surface area contributed by atoms with Crippen LogP contribution >= 0.6 is 23.2 Å². The first-order chi connectivity index (χ1) is 17.5. The second-order valence-electron chi connectivity index (χ2n) is 11.2. The number of halogens is 2. The van der Waals surface area contributed by atoms with Crippen LogP contribution in [-0.4, -0.2) is 86.2 Å². The Labute approximate surface area is 228 Å². The molecule has 1 aromatic rings. The van der Waals surface area contributed by atoms with E-state index in [1.807, 2.05) is 12.1 Å². The topological polar surface area (TPSA) is 116 Å². The molecule has 0 bridgehead atoms. The van der Waals surface area contributed by atoms with E-state index in [1.165, 1.54) is 4.31 Å². The lowest BCUT2D eigenvalue weighted by atomic mass is 9.59. The lowest BCUT2D eigenvalue weighted by molar-refractivity contribution is -0.143. The molecule has 204 valence electrons. The molecule has 3 aliphatic heterocycles. The molecule has 1 aromatic carbocycles. The van der Waals surface area contributed by atoms with Gasteiger partial charge in [-0.3, -0.25) is 19.8 Å². The summed E-state index contributed by atoms with van der Waals surface area (Å²) < 4.78 is 24.5. The predicted molar refractivity (Wildman–Crippen MR) is 142 cm³/mol. The van der Waals surface area contributed by atoms with Crippen LogP contribution in [0.25, 0.3) is 0 Å². The Bertz CT molecular complexity index is 1170. The van der Waals surface area contributed by atoms with Gasteiger partial charge in [0.25, 0.3) is 10.2 Å². The number of nitrogens with zero attached hydrogens (tertiary/aromatic N) is 3. The Hall–Kier alpha value is -1.27. The Balaban J connectivity index is 1.31. The van der Waals surface area contributed by atoms with Gasteiger partial charge in [-0.05, 0) is 55.3 Å². The molecule has 3 N–H and O–H groups in total. The molecule has 4 aliphatic rings. The first kappa shape index (κ1) is 27.3. The number of hydrogen-bond donors (Lipinski definition) is 2. The van der Waals surface area contributed by atoms with Gasteiger partial charge in [0, 0.05) is 57.1 Å². The fourth-order valence-electron chi connectivity index (χ4n) is 6.66. The van der Waals surface area contributed by atoms with Crippen molar-refractivity contribution in [2.24, 2.45) is 22.9 Å². The molecule has 12 heteroatoms. The minimum atomic E-state index is -3.64. The Morgan fingerprint density at radius 2 is 1.78 bits per heavy atom. The summed E-state index contributed by atoms with van der Waals surface area (Å²) in [5.74, 6) is -0.101. The van der Waals surface area contributed by atoms with E-state index in [-0.39, 0.29) is 30.1 Å². The number of nitrogens with two attached hydrogens (primary N) is 1. The SMILES string of the molecule is CC(C1CC1)[C@@H]1C(=O)NC(=O)CC1(CCN1CC(N2CCN(S(N)(=O)=O)CC2)C1)c1ccc(Cl)c(Cl)c1. The number of hydrogen-bond acceptors (Lipinski definition) is 6. The minimum absolute atomic E-state index is 0.154. The number of nitrogens with one attached hydrogen (secondary N) is 1. The zero-order chi connectivity index (χ0) is 26.5. The third-order valence-corrected chi connectivity index (χ3v) is 10.8. The summed E-state index contributed by atoms with van der Waals surface area (Å²) in [4.78, 5) is 30.8. The molecule has 0 spiro atoms. The molecule has 3 saturated heterocycles. The lowest BCUT2D eigenvalue weighted by Gasteiger charge is -2.50. The van der Waals surface area contributed by atoms with Crippen LogP contribution in [0.1, 0.15) is 38.2 Å². The normalized spacial score (nSPS) is 29.7. The summed E-state index contributed by atoms with van der Waals surface area (Å²) in [6.07, 6.45) is 3.13. The molecular weight excluding hydrogens is 537 g/mol. The summed E-state index contributed by atoms with van der Waals surface area (Å²) >= 11 is 12.7. The number of piperidine rings is 1. The lowest BCUT2D eigenvalue weighted by Crippen LogP contribution is -2.64. The average Bonchev–Trinajstić information content (AvgIpc) is 3.64. The summed E-state index contributed by atoms with van der Waals surface area (Å²) in [6.45, 7) is 6.79. The molecule has 0 aromatic heterocycles. The van der Waals surface area contributed by atoms with E-state index in [4.69, 9.17) is 28.3 Å². The highest BCUT2D eigenvalue weighted by Crippen LogP contribution is 2.52. The molecular formula is C25H35Cl2N5O4S. The Kier molecular flexibility index (Phi) is 7.65. The van der Waals surface area contributed by atoms with Gasteiger partial charge in [-0.1, -0.05) is 36.2 Å². The second-order valence-corrected chi connectivity index (χ2v) is 13.6. The minimum Gasteiger partial charge on any atom is -0.300 e. The van der Waals surface area contributed by atoms with Crippen molar-refractivity contribution in [2.45, 2.75) is 44.1 Å². The molecule has 3 atom stereocenters. The Morgan fingerprint density at radius 3 is 2.38 bits per heavy atom. The van der Waals surface area contributed by atoms with E-state index in [0.717, 1.165) is 38.0 Å². The number of rotatable bonds is 8. The van der Waals surface area contributed by atoms with E-state index in [0.29, 0.717) is 54.6 Å². The number of piperazine rings is 1. The zero-order valence-corrected chi connectivity index (χ0v) is 23.4. The fourth-order valence-corrected chi connectivity index (χ4v) is 7.63. The first-order valence-electron chi connectivity index (χ1n) is 13.0. The monoisotopic (exact) mass is 571 g/mol. The molecule has 5 rings (SSSR count). The van der Waals surface area contributed by atoms with Crippen LogP contribution in [0.5, 0.6) is 0 Å². The molecule has 4 fully saturated rings. The van der Waals surface area contributed by atoms with Gasteiger partial charge in [0.05, 0.1) is 16.0 Å². The molecule has 37 heavy (non-hydrogen) atoms. The van der Waals surface area contributed by atoms with Gasteiger partial charge in [0.15, 0.2) is 0 Å². The van der Waals surface area contributed by atoms with E-state index in [9.17, 15) is 18.0 Å². The molecule has 1 aliphatic carbocycles. The maximum absolute atomic E-state index is 13.3. The van der Waals surface area contributed by atoms with Gasteiger partial charge in [0.1, 0.15) is 0 Å². The van der Waals surface area contributed by atoms with Crippen LogP contribution in [0.3, 0.4) is 0 Å². The second kappa shape index (κ2) is 10.4. The van der Waals surface area contributed by atoms with Crippen molar-refractivity contribution >= 4 is 45.2 Å². The van der Waals surface area contributed by atoms with E-state index in [1.54, 1.807) is 6.07 Å². The third-order valence-electron chi connectivity index (χ3n) is 8.96. The fraction of sp³-hybridized carbons (Fsp3) is 0.680. The van der Waals surface area contributed by atoms with Crippen molar-refractivity contribution < 1.29 is 18.0 Å². The smallest absolute Gasteiger partial charge is 0.276 e. The van der Waals surface area contributed by atoms with Gasteiger partial charge in [-0.15, -0.1) is 0 Å². The maximum Gasteiger partial charge on any atom is 0.276 e. The van der Waals surface area contributed by atoms with Gasteiger partial charge in [0.2, 0.25) is 11.8 Å². The van der Waals surface area contributed by atoms with Crippen molar-refractivity contribution in [2.75, 3.05) is 45.8 Å². The van der Waals surface area contributed by atoms with Crippen LogP contribution in [0.4, 0.5) is 0 Å². The van der Waals surface area contributed by atoms with Gasteiger partial charge < -0.3 is 4.90 Å². The number of carbonyl (C=O) groups is 2. The van der Waals surface area contributed by atoms with Crippen molar-refractivity contribution in [1.29, 1.82) is 0 Å². The number of imide groups is 1. The quantitative estimate of drug-likeness (QED) is 0.460. The van der Waals surface area contributed by atoms with Crippen LogP contribution in [0.2, 0.25) is 10.0 Å². The van der Waals surface area contributed by atoms with Crippen molar-refractivity contribution in [3.05, 3.63) is 33.8 Å². The summed E-state index contributed by atoms with van der Waals surface area (Å²) in [6, 6.07) is 5.89. The summed E-state index contributed by atoms with van der Waals surface area (Å²) in [7, 11) is -3.64. The van der Waals surface area contributed by atoms with Crippen molar-refractivity contribution in [1.82, 2.24) is 19.4 Å². The van der Waals surface area contributed by atoms with Crippen LogP contribution < -0.4 is 10.5 Å². The van der Waals surface area contributed by atoms with Crippen LogP contribution in [0.15, 0.2) is 18.2 Å². The molecule has 9 nitrogen and oxygen atoms in total. The molecule has 1 saturated carbocycles. The predicted octanol–water partition coefficient (Wildman–Crippen LogP) is 1.84. The summed E-state index contributed by atoms with van der Waals surface area (Å²) in [5, 5.41) is 8.76. The van der Waals surface area contributed by atoms with Crippen LogP contribution in [0, 0.1) is 17.8 Å². The Morgan fingerprint density at radius 1 is 1.11 bits per heavy atom. The van der Waals surface area contributed by atoms with Gasteiger partial charge in [-0.25, -0.2) is 5.14 Å². The molecule has 2 unspecified atom stereocenters. The van der Waals surface area contributed by atoms with Crippen molar-refractivity contribution in [3.8, 4) is 0 Å². The maximum atomic E-state index is 13.3. The highest BCUT2D eigenvalue weighted by atomic mass is 35.5. The van der Waals surface area contributed by atoms with Crippen molar-refractivity contribution in [3.63, 3.8) is 0 Å². The van der Waals surface area contributed by atoms with Gasteiger partial charge in [-0.2, -0.15) is 12.7 Å². The van der Waals surface area contributed by atoms with Crippen LogP contribution in [-0.2, 0) is 25.2 Å². The molecule has 2 amide bonds. The standard InChI is InChI=1S/C25H35Cl2N5O4S/c1-16(17-2-3-17)23-24(34)29-22(33)13-25(23,18-4-5-20(26)21(27)12-18)6-7-30-14-19(15-30)31-8-10-32(11-9-31)37(28,35)36/h4-5,12,16-17,19,23H,2-3,6-11,13-15H2,1H3,(H2,28,35,36)(H,29,33,34)/t16?,23-,25?/m1/s1. The number of benzene rings is 1. The molecule has 0 radical (unpaired) electrons. The highest BCUT2D eigenvalue weighted by Gasteiger charge is 2.54. The zero-order valence-electron chi connectivity index (χ0n) is 21.0. The third kappa shape index (κ3) is 5.57. The number of carbonyl (C=O) groups excluding carboxylic acids is 2. The average molecular weight is 573 g/mol. The van der Waals surface area contributed by atoms with E-state index < -0.39 is 15.6 Å². The highest BCUT2D eigenvalue weighted by molar-refractivity contribution is 7.86. The largest absolute Gasteiger partial charge is 0.300 e. The first-order valence-corrected chi connectivity index (χ1v) is 15.3. The number of likely N-dealkylation sites (tertiary alicyclic amines) is 1. The van der Waals surface area contributed by atoms with Gasteiger partial charge >= 0.3 is 0 Å². The van der Waals surface area contributed by atoms with E-state index >= 15 is 0 Å². The molecule has 3 heterocycles. The van der Waals surface area contributed by atoms with E-state index in [2.05, 4.69) is 22.0 Å². The summed E-state index contributed by atoms with van der Waals surface area (Å²) in [5.41, 5.74) is 0.251.